The van der Waals surface area contributed by atoms with E-state index in [4.69, 9.17) is 4.79 Å². The quantitative estimate of drug-likeness (QED) is 0.282. The molecule has 0 unspecified atom stereocenters. The summed E-state index contributed by atoms with van der Waals surface area (Å²) in [7, 11) is 1.31. The second kappa shape index (κ2) is 9.64. The summed E-state index contributed by atoms with van der Waals surface area (Å²) in [6.07, 6.45) is 0. The van der Waals surface area contributed by atoms with Gasteiger partial charge in [-0.25, -0.2) is 0 Å². The van der Waals surface area contributed by atoms with E-state index >= 15 is 0 Å². The number of carbonyl (C=O) groups excluding carboxylic acids is 1. The minimum atomic E-state index is 0. The van der Waals surface area contributed by atoms with Crippen LogP contribution >= 0.6 is 0 Å². The minimum Gasteiger partial charge on any atom is -0.471 e. The van der Waals surface area contributed by atoms with Crippen LogP contribution in [0.25, 0.3) is 0 Å². The highest BCUT2D eigenvalue weighted by atomic mass is 16.5. The first-order valence-corrected chi connectivity index (χ1v) is 0.880. The van der Waals surface area contributed by atoms with Crippen molar-refractivity contribution in [1.29, 1.82) is 0 Å². The smallest absolute Gasteiger partial charge is 0.292 e. The normalized spacial score (nSPS) is 4.20. The molecule has 0 aliphatic carbocycles. The van der Waals surface area contributed by atoms with Gasteiger partial charge in [0, 0.05) is 0 Å². The summed E-state index contributed by atoms with van der Waals surface area (Å²) in [6.45, 7) is 0.375. The number of hydrogen-bond donors (Lipinski definition) is 0. The highest BCUT2D eigenvalue weighted by molar-refractivity contribution is 5.75. The third-order valence-electron chi connectivity index (χ3n) is 0.0962. The van der Waals surface area contributed by atoms with Crippen molar-refractivity contribution >= 4 is 14.9 Å². The lowest BCUT2D eigenvalue weighted by atomic mass is 10.8. The van der Waals surface area contributed by atoms with E-state index in [9.17, 15) is 0 Å². The number of carbonyl (C=O) groups is 1. The Kier molecular flexibility index (Phi) is 17.0. The van der Waals surface area contributed by atoms with Gasteiger partial charge < -0.3 is 4.74 Å². The van der Waals surface area contributed by atoms with Crippen LogP contribution in [0.2, 0.25) is 0 Å². The van der Waals surface area contributed by atoms with Crippen molar-refractivity contribution in [1.82, 2.24) is 0 Å². The van der Waals surface area contributed by atoms with Crippen molar-refractivity contribution in [2.24, 2.45) is 0 Å². The molecule has 0 bridgehead atoms. The molecule has 0 aromatic rings. The molecule has 0 saturated heterocycles. The van der Waals surface area contributed by atoms with E-state index in [1.54, 1.807) is 0 Å². The third kappa shape index (κ3) is 29.1. The Bertz CT molecular complexity index is 21.6. The van der Waals surface area contributed by atoms with Crippen molar-refractivity contribution in [3.8, 4) is 0 Å². The molecule has 0 rings (SSSR count). The molecule has 0 amide bonds. The Morgan fingerprint density at radius 2 is 2.00 bits per heavy atom. The van der Waals surface area contributed by atoms with Crippen molar-refractivity contribution in [3.05, 3.63) is 0 Å². The maximum Gasteiger partial charge on any atom is 0.292 e. The predicted molar refractivity (Wildman–Crippen MR) is 23.0 cm³/mol. The van der Waals surface area contributed by atoms with Crippen molar-refractivity contribution in [3.63, 3.8) is 0 Å². The maximum absolute atomic E-state index is 8.95. The average molecular weight is 73.9 g/mol. The summed E-state index contributed by atoms with van der Waals surface area (Å²) in [4.78, 5) is 8.95. The molecule has 5 heavy (non-hydrogen) atoms. The molecule has 0 atom stereocenters. The number of rotatable bonds is 1. The van der Waals surface area contributed by atoms with Crippen LogP contribution in [-0.4, -0.2) is 22.0 Å². The van der Waals surface area contributed by atoms with Crippen LogP contribution in [0.15, 0.2) is 0 Å². The number of ether oxygens (including phenoxy) is 1. The molecule has 0 aromatic carbocycles. The molecule has 0 aliphatic heterocycles. The zero-order valence-electron chi connectivity index (χ0n) is 2.39. The summed E-state index contributed by atoms with van der Waals surface area (Å²) in [6, 6.07) is 0. The van der Waals surface area contributed by atoms with E-state index in [0.717, 1.165) is 0 Å². The van der Waals surface area contributed by atoms with Crippen LogP contribution in [0.1, 0.15) is 0 Å². The van der Waals surface area contributed by atoms with Gasteiger partial charge in [-0.1, -0.05) is 0 Å². The van der Waals surface area contributed by atoms with E-state index in [1.165, 1.54) is 7.11 Å². The second-order valence-corrected chi connectivity index (χ2v) is 0.332. The van der Waals surface area contributed by atoms with Crippen LogP contribution < -0.4 is 0 Å². The fraction of sp³-hybridized carbons (Fsp3) is 0.500. The maximum atomic E-state index is 8.95. The van der Waals surface area contributed by atoms with Crippen molar-refractivity contribution < 1.29 is 9.53 Å². The first kappa shape index (κ1) is 8.82. The Balaban J connectivity index is 0. The fourth-order valence-corrected chi connectivity index (χ4v) is 0. The SMILES string of the molecule is B.COC=O. The van der Waals surface area contributed by atoms with Gasteiger partial charge in [0.1, 0.15) is 0 Å². The molecule has 30 valence electrons. The van der Waals surface area contributed by atoms with E-state index < -0.39 is 0 Å². The van der Waals surface area contributed by atoms with Gasteiger partial charge in [-0.05, 0) is 0 Å². The van der Waals surface area contributed by atoms with Gasteiger partial charge in [0.2, 0.25) is 0 Å². The number of hydrogen-bond acceptors (Lipinski definition) is 2. The Morgan fingerprint density at radius 3 is 2.00 bits per heavy atom. The highest BCUT2D eigenvalue weighted by Gasteiger charge is 1.44. The summed E-state index contributed by atoms with van der Waals surface area (Å²) < 4.78 is 3.86. The Labute approximate surface area is 32.7 Å². The van der Waals surface area contributed by atoms with Gasteiger partial charge in [0.25, 0.3) is 6.47 Å². The minimum absolute atomic E-state index is 0. The summed E-state index contributed by atoms with van der Waals surface area (Å²) in [5, 5.41) is 0. The first-order chi connectivity index (χ1) is 1.91. The molecular weight excluding hydrogens is 66.8 g/mol. The van der Waals surface area contributed by atoms with Gasteiger partial charge >= 0.3 is 0 Å². The zero-order chi connectivity index (χ0) is 3.41. The molecule has 0 N–H and O–H groups in total. The van der Waals surface area contributed by atoms with Gasteiger partial charge in [-0.3, -0.25) is 4.79 Å². The predicted octanol–water partition coefficient (Wildman–Crippen LogP) is -1.39. The first-order valence-electron chi connectivity index (χ1n) is 0.880. The average Bonchev–Trinajstić information content (AvgIpc) is 1.37. The highest BCUT2D eigenvalue weighted by Crippen LogP contribution is 1.35. The summed E-state index contributed by atoms with van der Waals surface area (Å²) in [5.41, 5.74) is 0. The standard InChI is InChI=1S/C2H4O2.BH3/c1-4-2-3;/h2H,1H3;1H3. The lowest BCUT2D eigenvalue weighted by Crippen LogP contribution is -1.68. The van der Waals surface area contributed by atoms with Crippen LogP contribution in [-0.2, 0) is 9.53 Å². The monoisotopic (exact) mass is 74.1 g/mol. The van der Waals surface area contributed by atoms with E-state index in [2.05, 4.69) is 4.74 Å². The topological polar surface area (TPSA) is 26.3 Å². The largest absolute Gasteiger partial charge is 0.471 e. The van der Waals surface area contributed by atoms with Gasteiger partial charge in [-0.15, -0.1) is 0 Å². The molecule has 0 heterocycles. The molecule has 3 heteroatoms. The van der Waals surface area contributed by atoms with E-state index in [0.29, 0.717) is 6.47 Å². The van der Waals surface area contributed by atoms with Gasteiger partial charge in [-0.2, -0.15) is 0 Å². The Hall–Kier alpha value is -0.465. The van der Waals surface area contributed by atoms with Crippen molar-refractivity contribution in [2.75, 3.05) is 7.11 Å². The third-order valence-corrected chi connectivity index (χ3v) is 0.0962. The summed E-state index contributed by atoms with van der Waals surface area (Å²) in [5.74, 6) is 0. The molecule has 0 saturated carbocycles. The molecule has 0 aliphatic rings. The molecule has 0 aromatic heterocycles. The van der Waals surface area contributed by atoms with Crippen LogP contribution in [0.3, 0.4) is 0 Å². The number of methoxy groups -OCH3 is 1. The van der Waals surface area contributed by atoms with E-state index in [-0.39, 0.29) is 8.41 Å². The molecule has 2 nitrogen and oxygen atoms in total. The van der Waals surface area contributed by atoms with Crippen LogP contribution in [0.4, 0.5) is 0 Å². The zero-order valence-corrected chi connectivity index (χ0v) is 2.39. The van der Waals surface area contributed by atoms with Crippen LogP contribution in [0, 0.1) is 0 Å². The van der Waals surface area contributed by atoms with E-state index in [1.807, 2.05) is 0 Å². The van der Waals surface area contributed by atoms with Gasteiger partial charge in [0.15, 0.2) is 0 Å². The second-order valence-electron chi connectivity index (χ2n) is 0.332. The summed E-state index contributed by atoms with van der Waals surface area (Å²) >= 11 is 0. The molecular formula is C2H7BO2. The molecule has 0 fully saturated rings. The molecule has 0 spiro atoms. The van der Waals surface area contributed by atoms with Crippen LogP contribution in [0.5, 0.6) is 0 Å². The Morgan fingerprint density at radius 1 is 1.80 bits per heavy atom. The van der Waals surface area contributed by atoms with Crippen molar-refractivity contribution in [2.45, 2.75) is 0 Å². The lowest BCUT2D eigenvalue weighted by Gasteiger charge is -1.67. The van der Waals surface area contributed by atoms with Gasteiger partial charge in [0.05, 0.1) is 15.5 Å². The fourth-order valence-electron chi connectivity index (χ4n) is 0. The lowest BCUT2D eigenvalue weighted by molar-refractivity contribution is -0.126. The molecule has 0 radical (unpaired) electrons.